The number of aromatic nitrogens is 1. The normalized spacial score (nSPS) is 20.2. The van der Waals surface area contributed by atoms with E-state index < -0.39 is 6.10 Å². The van der Waals surface area contributed by atoms with Gasteiger partial charge in [0.15, 0.2) is 0 Å². The number of aromatic amines is 1. The molecule has 0 radical (unpaired) electrons. The Balaban J connectivity index is 1.34. The molecule has 8 nitrogen and oxygen atoms in total. The molecular weight excluding hydrogens is 408 g/mol. The third kappa shape index (κ3) is 3.52. The van der Waals surface area contributed by atoms with Crippen LogP contribution >= 0.6 is 0 Å². The fraction of sp³-hybridized carbons (Fsp3) is 0.292. The van der Waals surface area contributed by atoms with Crippen molar-refractivity contribution < 1.29 is 19.5 Å². The van der Waals surface area contributed by atoms with Gasteiger partial charge >= 0.3 is 0 Å². The van der Waals surface area contributed by atoms with Gasteiger partial charge in [0, 0.05) is 53.3 Å². The molecule has 0 spiro atoms. The van der Waals surface area contributed by atoms with Gasteiger partial charge in [-0.15, -0.1) is 0 Å². The molecule has 2 aliphatic heterocycles. The van der Waals surface area contributed by atoms with E-state index in [1.807, 2.05) is 19.1 Å². The maximum atomic E-state index is 12.9. The van der Waals surface area contributed by atoms with Gasteiger partial charge in [0.1, 0.15) is 5.69 Å². The summed E-state index contributed by atoms with van der Waals surface area (Å²) >= 11 is 0. The van der Waals surface area contributed by atoms with Crippen LogP contribution in [0.4, 0.5) is 5.69 Å². The number of nitrogens with one attached hydrogen (secondary N) is 3. The molecule has 1 aromatic heterocycles. The maximum Gasteiger partial charge on any atom is 0.268 e. The van der Waals surface area contributed by atoms with E-state index in [2.05, 4.69) is 15.6 Å². The number of hydrogen-bond donors (Lipinski definition) is 4. The minimum atomic E-state index is -0.460. The van der Waals surface area contributed by atoms with E-state index in [-0.39, 0.29) is 23.6 Å². The molecule has 3 heterocycles. The predicted octanol–water partition coefficient (Wildman–Crippen LogP) is 2.47. The fourth-order valence-electron chi connectivity index (χ4n) is 4.49. The van der Waals surface area contributed by atoms with Crippen molar-refractivity contribution in [1.82, 2.24) is 15.2 Å². The number of β-amino-alcohol motifs (C(OH)–C–C–N with tert-alkyl or cyclic N) is 1. The van der Waals surface area contributed by atoms with Gasteiger partial charge in [0.25, 0.3) is 17.7 Å². The third-order valence-corrected chi connectivity index (χ3v) is 6.23. The van der Waals surface area contributed by atoms with Gasteiger partial charge < -0.3 is 25.6 Å². The number of amides is 3. The largest absolute Gasteiger partial charge is 0.391 e. The van der Waals surface area contributed by atoms with Gasteiger partial charge in [0.2, 0.25) is 0 Å². The Morgan fingerprint density at radius 3 is 2.59 bits per heavy atom. The predicted molar refractivity (Wildman–Crippen MR) is 120 cm³/mol. The Hall–Kier alpha value is -3.65. The fourth-order valence-corrected chi connectivity index (χ4v) is 4.49. The van der Waals surface area contributed by atoms with Gasteiger partial charge in [-0.05, 0) is 54.4 Å². The highest BCUT2D eigenvalue weighted by molar-refractivity contribution is 6.08. The van der Waals surface area contributed by atoms with Crippen molar-refractivity contribution >= 4 is 34.3 Å². The van der Waals surface area contributed by atoms with Gasteiger partial charge in [-0.2, -0.15) is 0 Å². The lowest BCUT2D eigenvalue weighted by molar-refractivity contribution is 0.0764. The molecule has 5 rings (SSSR count). The molecule has 0 aliphatic carbocycles. The molecule has 2 atom stereocenters. The van der Waals surface area contributed by atoms with E-state index in [9.17, 15) is 19.5 Å². The Labute approximate surface area is 184 Å². The SMILES string of the molecule is CC1CNC(=O)c2[nH]c3ccc(C(=O)Nc4ccc(C(=O)N5CCC(O)C5)cc4)cc3c21. The highest BCUT2D eigenvalue weighted by Crippen LogP contribution is 2.32. The van der Waals surface area contributed by atoms with E-state index in [0.29, 0.717) is 48.6 Å². The molecule has 0 bridgehead atoms. The summed E-state index contributed by atoms with van der Waals surface area (Å²) in [5.74, 6) is -0.369. The van der Waals surface area contributed by atoms with Crippen LogP contribution in [0, 0.1) is 0 Å². The van der Waals surface area contributed by atoms with Crippen LogP contribution in [0.5, 0.6) is 0 Å². The molecule has 32 heavy (non-hydrogen) atoms. The quantitative estimate of drug-likeness (QED) is 0.509. The number of H-pyrrole nitrogens is 1. The summed E-state index contributed by atoms with van der Waals surface area (Å²) in [5, 5.41) is 16.2. The Morgan fingerprint density at radius 2 is 1.88 bits per heavy atom. The second kappa shape index (κ2) is 7.80. The number of likely N-dealkylation sites (tertiary alicyclic amines) is 1. The average molecular weight is 432 g/mol. The van der Waals surface area contributed by atoms with Crippen LogP contribution in [0.2, 0.25) is 0 Å². The Kier molecular flexibility index (Phi) is 4.94. The highest BCUT2D eigenvalue weighted by atomic mass is 16.3. The monoisotopic (exact) mass is 432 g/mol. The summed E-state index contributed by atoms with van der Waals surface area (Å²) < 4.78 is 0. The van der Waals surface area contributed by atoms with Crippen molar-refractivity contribution in [3.63, 3.8) is 0 Å². The third-order valence-electron chi connectivity index (χ3n) is 6.23. The number of hydrogen-bond acceptors (Lipinski definition) is 4. The molecular formula is C24H24N4O4. The number of anilines is 1. The van der Waals surface area contributed by atoms with E-state index in [4.69, 9.17) is 0 Å². The van der Waals surface area contributed by atoms with Crippen molar-refractivity contribution in [3.05, 3.63) is 64.8 Å². The molecule has 0 saturated carbocycles. The first-order valence-corrected chi connectivity index (χ1v) is 10.7. The maximum absolute atomic E-state index is 12.9. The number of aliphatic hydroxyl groups is 1. The van der Waals surface area contributed by atoms with Crippen LogP contribution in [0.1, 0.15) is 56.0 Å². The topological polar surface area (TPSA) is 115 Å². The molecule has 1 saturated heterocycles. The first kappa shape index (κ1) is 20.3. The van der Waals surface area contributed by atoms with E-state index in [1.165, 1.54) is 0 Å². The molecule has 2 unspecified atom stereocenters. The van der Waals surface area contributed by atoms with E-state index in [0.717, 1.165) is 16.5 Å². The summed E-state index contributed by atoms with van der Waals surface area (Å²) in [6.07, 6.45) is 0.135. The molecule has 8 heteroatoms. The van der Waals surface area contributed by atoms with Gasteiger partial charge in [-0.25, -0.2) is 0 Å². The molecule has 2 aromatic carbocycles. The molecule has 164 valence electrons. The lowest BCUT2D eigenvalue weighted by atomic mass is 9.93. The summed E-state index contributed by atoms with van der Waals surface area (Å²) in [6, 6.07) is 12.1. The second-order valence-electron chi connectivity index (χ2n) is 8.51. The van der Waals surface area contributed by atoms with Crippen molar-refractivity contribution in [2.75, 3.05) is 25.0 Å². The zero-order valence-electron chi connectivity index (χ0n) is 17.6. The molecule has 1 fully saturated rings. The zero-order chi connectivity index (χ0) is 22.4. The van der Waals surface area contributed by atoms with Crippen molar-refractivity contribution in [2.24, 2.45) is 0 Å². The molecule has 3 amide bonds. The number of rotatable bonds is 3. The first-order valence-electron chi connectivity index (χ1n) is 10.7. The minimum absolute atomic E-state index is 0.125. The smallest absolute Gasteiger partial charge is 0.268 e. The Morgan fingerprint density at radius 1 is 1.12 bits per heavy atom. The average Bonchev–Trinajstić information content (AvgIpc) is 3.40. The van der Waals surface area contributed by atoms with Crippen LogP contribution in [-0.4, -0.2) is 58.5 Å². The van der Waals surface area contributed by atoms with Gasteiger partial charge in [-0.1, -0.05) is 6.92 Å². The van der Waals surface area contributed by atoms with Crippen molar-refractivity contribution in [2.45, 2.75) is 25.4 Å². The lowest BCUT2D eigenvalue weighted by Gasteiger charge is -2.19. The summed E-state index contributed by atoms with van der Waals surface area (Å²) in [7, 11) is 0. The number of carbonyl (C=O) groups is 3. The number of nitrogens with zero attached hydrogens (tertiary/aromatic N) is 1. The molecule has 2 aliphatic rings. The Bertz CT molecular complexity index is 1230. The van der Waals surface area contributed by atoms with Crippen LogP contribution < -0.4 is 10.6 Å². The number of fused-ring (bicyclic) bond motifs is 3. The number of aliphatic hydroxyl groups excluding tert-OH is 1. The number of benzene rings is 2. The molecule has 3 aromatic rings. The highest BCUT2D eigenvalue weighted by Gasteiger charge is 2.27. The lowest BCUT2D eigenvalue weighted by Crippen LogP contribution is -2.33. The van der Waals surface area contributed by atoms with Crippen molar-refractivity contribution in [1.29, 1.82) is 0 Å². The zero-order valence-corrected chi connectivity index (χ0v) is 17.6. The molecule has 4 N–H and O–H groups in total. The summed E-state index contributed by atoms with van der Waals surface area (Å²) in [6.45, 7) is 3.51. The van der Waals surface area contributed by atoms with Gasteiger partial charge in [0.05, 0.1) is 6.10 Å². The van der Waals surface area contributed by atoms with Crippen LogP contribution in [0.15, 0.2) is 42.5 Å². The van der Waals surface area contributed by atoms with Crippen LogP contribution in [0.3, 0.4) is 0 Å². The van der Waals surface area contributed by atoms with Crippen LogP contribution in [0.25, 0.3) is 10.9 Å². The van der Waals surface area contributed by atoms with Crippen LogP contribution in [-0.2, 0) is 0 Å². The second-order valence-corrected chi connectivity index (χ2v) is 8.51. The summed E-state index contributed by atoms with van der Waals surface area (Å²) in [5.41, 5.74) is 3.91. The summed E-state index contributed by atoms with van der Waals surface area (Å²) in [4.78, 5) is 42.3. The number of carbonyl (C=O) groups excluding carboxylic acids is 3. The minimum Gasteiger partial charge on any atom is -0.391 e. The van der Waals surface area contributed by atoms with E-state index in [1.54, 1.807) is 35.2 Å². The first-order chi connectivity index (χ1) is 15.4. The van der Waals surface area contributed by atoms with Crippen molar-refractivity contribution in [3.8, 4) is 0 Å². The standard InChI is InChI=1S/C24H24N4O4/c1-13-11-25-23(31)21-20(13)18-10-15(4-7-19(18)27-21)22(30)26-16-5-2-14(3-6-16)24(32)28-9-8-17(29)12-28/h2-7,10,13,17,27,29H,8-9,11-12H2,1H3,(H,25,31)(H,26,30). The van der Waals surface area contributed by atoms with E-state index >= 15 is 0 Å². The van der Waals surface area contributed by atoms with Gasteiger partial charge in [-0.3, -0.25) is 14.4 Å².